The van der Waals surface area contributed by atoms with Gasteiger partial charge in [-0.2, -0.15) is 0 Å². The number of nitrogen functional groups attached to an aromatic ring is 1. The molecule has 0 saturated heterocycles. The third-order valence-corrected chi connectivity index (χ3v) is 3.40. The van der Waals surface area contributed by atoms with E-state index in [-0.39, 0.29) is 0 Å². The van der Waals surface area contributed by atoms with Crippen molar-refractivity contribution in [2.75, 3.05) is 5.73 Å². The minimum absolute atomic E-state index is 0.338. The second-order valence-electron chi connectivity index (χ2n) is 4.48. The zero-order valence-electron chi connectivity index (χ0n) is 10.4. The maximum Gasteiger partial charge on any atom is 0.132 e. The first kappa shape index (κ1) is 12.9. The number of anilines is 1. The van der Waals surface area contributed by atoms with Crippen molar-refractivity contribution in [3.8, 4) is 11.5 Å². The lowest BCUT2D eigenvalue weighted by atomic mass is 10.1. The van der Waals surface area contributed by atoms with Gasteiger partial charge >= 0.3 is 0 Å². The summed E-state index contributed by atoms with van der Waals surface area (Å²) in [6.07, 6.45) is 0. The number of nitrogens with two attached hydrogens (primary N) is 1. The molecule has 0 saturated carbocycles. The van der Waals surface area contributed by atoms with E-state index in [4.69, 9.17) is 10.5 Å². The zero-order chi connectivity index (χ0) is 14.1. The number of fused-ring (bicyclic) bond motifs is 1. The van der Waals surface area contributed by atoms with Gasteiger partial charge in [0.2, 0.25) is 0 Å². The first-order chi connectivity index (χ1) is 9.60. The molecule has 2 nitrogen and oxygen atoms in total. The molecule has 0 aromatic heterocycles. The van der Waals surface area contributed by atoms with Crippen LogP contribution in [0, 0.1) is 5.82 Å². The van der Waals surface area contributed by atoms with Crippen LogP contribution >= 0.6 is 15.9 Å². The van der Waals surface area contributed by atoms with Crippen LogP contribution < -0.4 is 10.5 Å². The second-order valence-corrected chi connectivity index (χ2v) is 5.39. The molecular weight excluding hydrogens is 321 g/mol. The minimum atomic E-state index is -0.412. The lowest BCUT2D eigenvalue weighted by Crippen LogP contribution is -1.90. The fourth-order valence-electron chi connectivity index (χ4n) is 2.04. The van der Waals surface area contributed by atoms with Crippen molar-refractivity contribution in [2.45, 2.75) is 0 Å². The molecule has 0 unspecified atom stereocenters. The van der Waals surface area contributed by atoms with Crippen LogP contribution in [0.1, 0.15) is 0 Å². The molecule has 0 spiro atoms. The van der Waals surface area contributed by atoms with Crippen LogP contribution in [-0.2, 0) is 0 Å². The predicted octanol–water partition coefficient (Wildman–Crippen LogP) is 5.12. The zero-order valence-corrected chi connectivity index (χ0v) is 12.0. The lowest BCUT2D eigenvalue weighted by Gasteiger charge is -2.08. The first-order valence-corrected chi connectivity index (χ1v) is 6.83. The van der Waals surface area contributed by atoms with Gasteiger partial charge in [0.05, 0.1) is 0 Å². The Morgan fingerprint density at radius 1 is 0.850 bits per heavy atom. The Morgan fingerprint density at radius 2 is 1.60 bits per heavy atom. The first-order valence-electron chi connectivity index (χ1n) is 6.03. The third-order valence-electron chi connectivity index (χ3n) is 2.90. The quantitative estimate of drug-likeness (QED) is 0.662. The van der Waals surface area contributed by atoms with Crippen LogP contribution in [0.25, 0.3) is 10.8 Å². The molecular formula is C16H11BrFNO. The van der Waals surface area contributed by atoms with Gasteiger partial charge in [0.1, 0.15) is 17.3 Å². The molecule has 0 fully saturated rings. The maximum absolute atomic E-state index is 13.3. The van der Waals surface area contributed by atoms with Crippen molar-refractivity contribution in [1.82, 2.24) is 0 Å². The largest absolute Gasteiger partial charge is 0.457 e. The number of ether oxygens (including phenoxy) is 1. The van der Waals surface area contributed by atoms with Gasteiger partial charge in [-0.25, -0.2) is 4.39 Å². The maximum atomic E-state index is 13.3. The Balaban J connectivity index is 1.96. The molecule has 100 valence electrons. The highest BCUT2D eigenvalue weighted by atomic mass is 79.9. The Labute approximate surface area is 124 Å². The highest BCUT2D eigenvalue weighted by molar-refractivity contribution is 9.10. The lowest BCUT2D eigenvalue weighted by molar-refractivity contribution is 0.478. The molecule has 2 N–H and O–H groups in total. The Kier molecular flexibility index (Phi) is 3.32. The summed E-state index contributed by atoms with van der Waals surface area (Å²) >= 11 is 3.43. The van der Waals surface area contributed by atoms with Crippen molar-refractivity contribution in [2.24, 2.45) is 0 Å². The standard InChI is InChI=1S/C16H11BrFNO/c17-12-3-1-11-6-15(4-2-10(11)5-12)20-16-8-13(18)7-14(19)9-16/h1-9H,19H2. The van der Waals surface area contributed by atoms with Crippen LogP contribution in [0.15, 0.2) is 59.1 Å². The summed E-state index contributed by atoms with van der Waals surface area (Å²) in [6.45, 7) is 0. The molecule has 0 aliphatic heterocycles. The van der Waals surface area contributed by atoms with E-state index < -0.39 is 5.82 Å². The van der Waals surface area contributed by atoms with E-state index in [1.165, 1.54) is 12.1 Å². The summed E-state index contributed by atoms with van der Waals surface area (Å²) in [5, 5.41) is 2.15. The smallest absolute Gasteiger partial charge is 0.132 e. The van der Waals surface area contributed by atoms with Gasteiger partial charge in [-0.3, -0.25) is 0 Å². The third kappa shape index (κ3) is 2.75. The van der Waals surface area contributed by atoms with E-state index in [2.05, 4.69) is 15.9 Å². The molecule has 3 rings (SSSR count). The van der Waals surface area contributed by atoms with Crippen LogP contribution in [-0.4, -0.2) is 0 Å². The molecule has 3 aromatic rings. The summed E-state index contributed by atoms with van der Waals surface area (Å²) in [4.78, 5) is 0. The van der Waals surface area contributed by atoms with Crippen molar-refractivity contribution in [3.63, 3.8) is 0 Å². The Hall–Kier alpha value is -2.07. The van der Waals surface area contributed by atoms with Crippen molar-refractivity contribution in [3.05, 3.63) is 64.9 Å². The van der Waals surface area contributed by atoms with E-state index in [1.54, 1.807) is 6.07 Å². The van der Waals surface area contributed by atoms with Crippen molar-refractivity contribution < 1.29 is 9.13 Å². The van der Waals surface area contributed by atoms with E-state index in [0.29, 0.717) is 17.2 Å². The Bertz CT molecular complexity index is 768. The van der Waals surface area contributed by atoms with Gasteiger partial charge in [0.15, 0.2) is 0 Å². The van der Waals surface area contributed by atoms with Gasteiger partial charge in [-0.1, -0.05) is 28.1 Å². The molecule has 0 amide bonds. The predicted molar refractivity (Wildman–Crippen MR) is 82.5 cm³/mol. The second kappa shape index (κ2) is 5.13. The number of rotatable bonds is 2. The minimum Gasteiger partial charge on any atom is -0.457 e. The average molecular weight is 332 g/mol. The number of benzene rings is 3. The highest BCUT2D eigenvalue weighted by Gasteiger charge is 2.03. The van der Waals surface area contributed by atoms with E-state index in [9.17, 15) is 4.39 Å². The van der Waals surface area contributed by atoms with E-state index in [1.807, 2.05) is 36.4 Å². The summed E-state index contributed by atoms with van der Waals surface area (Å²) in [6, 6.07) is 15.8. The molecule has 20 heavy (non-hydrogen) atoms. The van der Waals surface area contributed by atoms with Crippen LogP contribution in [0.5, 0.6) is 11.5 Å². The molecule has 0 aliphatic carbocycles. The van der Waals surface area contributed by atoms with Crippen LogP contribution in [0.3, 0.4) is 0 Å². The van der Waals surface area contributed by atoms with Gasteiger partial charge in [0, 0.05) is 22.3 Å². The van der Waals surface area contributed by atoms with Crippen LogP contribution in [0.2, 0.25) is 0 Å². The number of hydrogen-bond donors (Lipinski definition) is 1. The average Bonchev–Trinajstić information content (AvgIpc) is 2.38. The SMILES string of the molecule is Nc1cc(F)cc(Oc2ccc3cc(Br)ccc3c2)c1. The number of hydrogen-bond acceptors (Lipinski definition) is 2. The summed E-state index contributed by atoms with van der Waals surface area (Å²) < 4.78 is 19.9. The summed E-state index contributed by atoms with van der Waals surface area (Å²) in [5.41, 5.74) is 5.93. The number of halogens is 2. The Morgan fingerprint density at radius 3 is 2.40 bits per heavy atom. The monoisotopic (exact) mass is 331 g/mol. The molecule has 3 aromatic carbocycles. The fraction of sp³-hybridized carbons (Fsp3) is 0. The molecule has 0 aliphatic rings. The van der Waals surface area contributed by atoms with Crippen molar-refractivity contribution >= 4 is 32.4 Å². The van der Waals surface area contributed by atoms with Gasteiger partial charge < -0.3 is 10.5 Å². The van der Waals surface area contributed by atoms with Crippen molar-refractivity contribution in [1.29, 1.82) is 0 Å². The molecule has 0 heterocycles. The molecule has 0 bridgehead atoms. The van der Waals surface area contributed by atoms with Gasteiger partial charge in [-0.05, 0) is 41.1 Å². The van der Waals surface area contributed by atoms with Gasteiger partial charge in [-0.15, -0.1) is 0 Å². The van der Waals surface area contributed by atoms with E-state index in [0.717, 1.165) is 15.2 Å². The van der Waals surface area contributed by atoms with E-state index >= 15 is 0 Å². The summed E-state index contributed by atoms with van der Waals surface area (Å²) in [7, 11) is 0. The topological polar surface area (TPSA) is 35.2 Å². The highest BCUT2D eigenvalue weighted by Crippen LogP contribution is 2.28. The normalized spacial score (nSPS) is 10.7. The fourth-order valence-corrected chi connectivity index (χ4v) is 2.42. The summed E-state index contributed by atoms with van der Waals surface area (Å²) in [5.74, 6) is 0.619. The molecule has 4 heteroatoms. The van der Waals surface area contributed by atoms with Gasteiger partial charge in [0.25, 0.3) is 0 Å². The molecule has 0 atom stereocenters. The van der Waals surface area contributed by atoms with Crippen LogP contribution in [0.4, 0.5) is 10.1 Å². The molecule has 0 radical (unpaired) electrons.